The van der Waals surface area contributed by atoms with Crippen LogP contribution in [-0.2, 0) is 12.0 Å². The third-order valence-electron chi connectivity index (χ3n) is 10.1. The minimum absolute atomic E-state index is 0.0210. The van der Waals surface area contributed by atoms with Crippen LogP contribution in [-0.4, -0.2) is 44.5 Å². The van der Waals surface area contributed by atoms with Crippen molar-refractivity contribution in [3.63, 3.8) is 0 Å². The molecule has 0 bridgehead atoms. The quantitative estimate of drug-likeness (QED) is 0.272. The number of amides is 3. The highest BCUT2D eigenvalue weighted by Crippen LogP contribution is 2.50. The topological polar surface area (TPSA) is 126 Å². The second-order valence-electron chi connectivity index (χ2n) is 12.8. The minimum atomic E-state index is -0.585. The minimum Gasteiger partial charge on any atom is -0.365 e. The van der Waals surface area contributed by atoms with Crippen molar-refractivity contribution < 1.29 is 9.59 Å². The Kier molecular flexibility index (Phi) is 8.05. The lowest BCUT2D eigenvalue weighted by Crippen LogP contribution is -2.46. The maximum atomic E-state index is 13.1. The van der Waals surface area contributed by atoms with Gasteiger partial charge >= 0.3 is 11.9 Å². The van der Waals surface area contributed by atoms with E-state index in [0.717, 1.165) is 43.1 Å². The summed E-state index contributed by atoms with van der Waals surface area (Å²) in [5.74, 6) is 2.97. The van der Waals surface area contributed by atoms with Gasteiger partial charge in [-0.1, -0.05) is 62.9 Å². The number of nitrogens with one attached hydrogen (secondary N) is 4. The van der Waals surface area contributed by atoms with Crippen molar-refractivity contribution in [2.45, 2.75) is 96.1 Å². The van der Waals surface area contributed by atoms with Crippen LogP contribution in [0.1, 0.15) is 100 Å². The Labute approximate surface area is 247 Å². The number of aromatic nitrogens is 4. The van der Waals surface area contributed by atoms with Crippen molar-refractivity contribution in [2.75, 3.05) is 12.4 Å². The molecule has 224 valence electrons. The van der Waals surface area contributed by atoms with Gasteiger partial charge in [0.25, 0.3) is 0 Å². The number of nitrogens with zero attached hydrogens (tertiary/aromatic N) is 4. The molecule has 0 radical (unpaired) electrons. The van der Waals surface area contributed by atoms with Crippen molar-refractivity contribution in [1.82, 2.24) is 35.7 Å². The Morgan fingerprint density at radius 3 is 2.33 bits per heavy atom. The van der Waals surface area contributed by atoms with E-state index < -0.39 is 11.9 Å². The third-order valence-corrected chi connectivity index (χ3v) is 10.1. The van der Waals surface area contributed by atoms with Gasteiger partial charge in [-0.2, -0.15) is 0 Å². The van der Waals surface area contributed by atoms with E-state index >= 15 is 0 Å². The summed E-state index contributed by atoms with van der Waals surface area (Å²) in [6.45, 7) is 5.43. The molecular weight excluding hydrogens is 528 g/mol. The van der Waals surface area contributed by atoms with E-state index in [1.807, 2.05) is 0 Å². The SMILES string of the molecule is CNC(=O)NNC(=O)c1nc(N[C@H](C)C2CCC2)c2c(n1)nc(C1(c3ccccc3)CCC1)n2C[C@H]1CC[C@H](C)CC1. The molecule has 0 spiro atoms. The van der Waals surface area contributed by atoms with Gasteiger partial charge in [-0.15, -0.1) is 0 Å². The largest absolute Gasteiger partial charge is 0.365 e. The number of fused-ring (bicyclic) bond motifs is 1. The first kappa shape index (κ1) is 28.4. The van der Waals surface area contributed by atoms with Gasteiger partial charge in [-0.25, -0.2) is 25.2 Å². The van der Waals surface area contributed by atoms with E-state index in [1.165, 1.54) is 57.6 Å². The number of hydrogen-bond donors (Lipinski definition) is 4. The maximum absolute atomic E-state index is 13.1. The Morgan fingerprint density at radius 1 is 0.976 bits per heavy atom. The number of carbonyl (C=O) groups is 2. The van der Waals surface area contributed by atoms with E-state index in [1.54, 1.807) is 0 Å². The lowest BCUT2D eigenvalue weighted by molar-refractivity contribution is 0.0926. The standard InChI is InChI=1S/C32H44N8O2/c1-20-13-15-22(16-14-20)19-40-25-26(34-21(2)23-9-7-10-23)35-28(29(41)38-39-31(42)33-3)36-27(25)37-30(40)32(17-8-18-32)24-11-5-4-6-12-24/h4-6,11-12,20-23H,7-10,13-19H2,1-3H3,(H,38,41)(H2,33,39,42)(H,34,35,36)/t20-,21-,22-/m1/s1. The fraction of sp³-hybridized carbons (Fsp3) is 0.594. The number of hydrazine groups is 1. The number of urea groups is 1. The molecular formula is C32H44N8O2. The Balaban J connectivity index is 1.48. The van der Waals surface area contributed by atoms with Crippen molar-refractivity contribution in [3.05, 3.63) is 47.5 Å². The number of rotatable bonds is 8. The van der Waals surface area contributed by atoms with E-state index in [4.69, 9.17) is 15.0 Å². The zero-order chi connectivity index (χ0) is 29.3. The molecule has 0 saturated heterocycles. The molecule has 1 aromatic carbocycles. The first-order valence-corrected chi connectivity index (χ1v) is 15.8. The van der Waals surface area contributed by atoms with Gasteiger partial charge in [-0.05, 0) is 68.8 Å². The van der Waals surface area contributed by atoms with E-state index in [0.29, 0.717) is 23.3 Å². The van der Waals surface area contributed by atoms with Crippen LogP contribution in [0.4, 0.5) is 10.6 Å². The fourth-order valence-corrected chi connectivity index (χ4v) is 6.99. The second kappa shape index (κ2) is 11.9. The first-order valence-electron chi connectivity index (χ1n) is 15.8. The lowest BCUT2D eigenvalue weighted by atomic mass is 9.63. The Bertz CT molecular complexity index is 1420. The smallest absolute Gasteiger partial charge is 0.333 e. The predicted molar refractivity (Wildman–Crippen MR) is 163 cm³/mol. The second-order valence-corrected chi connectivity index (χ2v) is 12.8. The third kappa shape index (κ3) is 5.43. The molecule has 3 fully saturated rings. The molecule has 3 amide bonds. The maximum Gasteiger partial charge on any atom is 0.333 e. The average Bonchev–Trinajstić information content (AvgIpc) is 3.30. The Hall–Kier alpha value is -3.69. The van der Waals surface area contributed by atoms with E-state index in [-0.39, 0.29) is 17.3 Å². The molecule has 3 aliphatic rings. The molecule has 10 heteroatoms. The van der Waals surface area contributed by atoms with Crippen LogP contribution in [0.2, 0.25) is 0 Å². The lowest BCUT2D eigenvalue weighted by Gasteiger charge is -2.42. The van der Waals surface area contributed by atoms with E-state index in [2.05, 4.69) is 70.2 Å². The van der Waals surface area contributed by atoms with Gasteiger partial charge in [0.1, 0.15) is 11.3 Å². The van der Waals surface area contributed by atoms with Gasteiger partial charge < -0.3 is 15.2 Å². The fourth-order valence-electron chi connectivity index (χ4n) is 6.99. The zero-order valence-corrected chi connectivity index (χ0v) is 25.1. The number of benzene rings is 1. The van der Waals surface area contributed by atoms with Gasteiger partial charge in [0.15, 0.2) is 11.5 Å². The van der Waals surface area contributed by atoms with Crippen LogP contribution in [0.15, 0.2) is 30.3 Å². The monoisotopic (exact) mass is 572 g/mol. The van der Waals surface area contributed by atoms with Gasteiger partial charge in [0.2, 0.25) is 5.82 Å². The summed E-state index contributed by atoms with van der Waals surface area (Å²) in [6.07, 6.45) is 11.7. The summed E-state index contributed by atoms with van der Waals surface area (Å²) in [4.78, 5) is 39.6. The first-order chi connectivity index (χ1) is 20.4. The molecule has 3 saturated carbocycles. The normalized spacial score (nSPS) is 22.5. The van der Waals surface area contributed by atoms with Crippen molar-refractivity contribution in [2.24, 2.45) is 17.8 Å². The molecule has 6 rings (SSSR count). The van der Waals surface area contributed by atoms with Crippen LogP contribution in [0.25, 0.3) is 11.2 Å². The molecule has 10 nitrogen and oxygen atoms in total. The summed E-state index contributed by atoms with van der Waals surface area (Å²) in [5.41, 5.74) is 7.26. The molecule has 0 aliphatic heterocycles. The zero-order valence-electron chi connectivity index (χ0n) is 25.1. The van der Waals surface area contributed by atoms with Crippen molar-refractivity contribution in [3.8, 4) is 0 Å². The average molecular weight is 573 g/mol. The number of anilines is 1. The van der Waals surface area contributed by atoms with Crippen LogP contribution in [0, 0.1) is 17.8 Å². The number of hydrogen-bond acceptors (Lipinski definition) is 6. The summed E-state index contributed by atoms with van der Waals surface area (Å²) in [5, 5.41) is 6.12. The summed E-state index contributed by atoms with van der Waals surface area (Å²) < 4.78 is 2.41. The molecule has 3 aliphatic carbocycles. The van der Waals surface area contributed by atoms with Gasteiger partial charge in [0.05, 0.1) is 5.41 Å². The summed E-state index contributed by atoms with van der Waals surface area (Å²) >= 11 is 0. The van der Waals surface area contributed by atoms with Crippen LogP contribution in [0.5, 0.6) is 0 Å². The predicted octanol–water partition coefficient (Wildman–Crippen LogP) is 5.30. The van der Waals surface area contributed by atoms with E-state index in [9.17, 15) is 9.59 Å². The molecule has 3 aromatic rings. The Morgan fingerprint density at radius 2 is 1.71 bits per heavy atom. The van der Waals surface area contributed by atoms with Crippen LogP contribution < -0.4 is 21.5 Å². The molecule has 2 aromatic heterocycles. The number of carbonyl (C=O) groups excluding carboxylic acids is 2. The highest BCUT2D eigenvalue weighted by atomic mass is 16.2. The highest BCUT2D eigenvalue weighted by Gasteiger charge is 2.45. The molecule has 2 heterocycles. The molecule has 1 atom stereocenters. The van der Waals surface area contributed by atoms with Crippen LogP contribution >= 0.6 is 0 Å². The van der Waals surface area contributed by atoms with Crippen molar-refractivity contribution in [1.29, 1.82) is 0 Å². The van der Waals surface area contributed by atoms with Crippen LogP contribution in [0.3, 0.4) is 0 Å². The molecule has 42 heavy (non-hydrogen) atoms. The molecule has 4 N–H and O–H groups in total. The summed E-state index contributed by atoms with van der Waals surface area (Å²) in [7, 11) is 1.48. The highest BCUT2D eigenvalue weighted by molar-refractivity contribution is 5.95. The molecule has 0 unspecified atom stereocenters. The number of imidazole rings is 1. The summed E-state index contributed by atoms with van der Waals surface area (Å²) in [6, 6.07) is 10.4. The van der Waals surface area contributed by atoms with Crippen molar-refractivity contribution >= 4 is 28.9 Å². The van der Waals surface area contributed by atoms with Gasteiger partial charge in [-0.3, -0.25) is 10.2 Å². The van der Waals surface area contributed by atoms with Gasteiger partial charge in [0, 0.05) is 19.6 Å².